The molecule has 0 unspecified atom stereocenters. The molecule has 162 valence electrons. The van der Waals surface area contributed by atoms with Crippen molar-refractivity contribution in [3.63, 3.8) is 0 Å². The smallest absolute Gasteiger partial charge is 0.248 e. The van der Waals surface area contributed by atoms with Gasteiger partial charge in [0.25, 0.3) is 0 Å². The summed E-state index contributed by atoms with van der Waals surface area (Å²) in [5.41, 5.74) is 13.1. The first-order chi connectivity index (χ1) is 13.0. The van der Waals surface area contributed by atoms with Crippen LogP contribution in [0.15, 0.2) is 24.8 Å². The predicted octanol–water partition coefficient (Wildman–Crippen LogP) is 4.27. The second kappa shape index (κ2) is 9.77. The number of nitrogens with zero attached hydrogens (tertiary/aromatic N) is 2. The summed E-state index contributed by atoms with van der Waals surface area (Å²) >= 11 is 0. The zero-order chi connectivity index (χ0) is 21.1. The maximum absolute atomic E-state index is 11.7. The van der Waals surface area contributed by atoms with Gasteiger partial charge in [0.15, 0.2) is 8.32 Å². The molecule has 0 atom stereocenters. The molecule has 9 heteroatoms. The summed E-state index contributed by atoms with van der Waals surface area (Å²) in [4.78, 5) is 16.0. The minimum atomic E-state index is -1.78. The van der Waals surface area contributed by atoms with Crippen LogP contribution in [0.3, 0.4) is 0 Å². The number of hydrogen-bond acceptors (Lipinski definition) is 5. The Bertz CT molecular complexity index is 875. The van der Waals surface area contributed by atoms with Gasteiger partial charge >= 0.3 is 0 Å². The number of carbonyl (C=O) groups is 1. The Morgan fingerprint density at radius 2 is 1.97 bits per heavy atom. The number of rotatable bonds is 9. The molecule has 0 aliphatic heterocycles. The SMILES string of the molecule is Br.C=CCn1c(N)nc2cc(C(N)=O)cc(OCCCO[Si](C)(C)C(C)(C)C)c21. The third-order valence-electron chi connectivity index (χ3n) is 5.25. The average Bonchev–Trinajstić information content (AvgIpc) is 2.89. The molecule has 0 saturated carbocycles. The number of nitrogens with two attached hydrogens (primary N) is 2. The van der Waals surface area contributed by atoms with Crippen LogP contribution >= 0.6 is 17.0 Å². The molecular weight excluding hydrogens is 452 g/mol. The summed E-state index contributed by atoms with van der Waals surface area (Å²) in [6.45, 7) is 16.4. The molecule has 0 aliphatic carbocycles. The topological polar surface area (TPSA) is 105 Å². The highest BCUT2D eigenvalue weighted by molar-refractivity contribution is 8.93. The molecule has 2 aromatic rings. The number of ether oxygens (including phenoxy) is 1. The van der Waals surface area contributed by atoms with Crippen LogP contribution in [0.4, 0.5) is 5.95 Å². The Labute approximate surface area is 184 Å². The Kier molecular flexibility index (Phi) is 8.49. The number of halogens is 1. The number of carbonyl (C=O) groups excluding carboxylic acids is 1. The van der Waals surface area contributed by atoms with Gasteiger partial charge in [0.05, 0.1) is 12.1 Å². The number of nitrogen functional groups attached to an aromatic ring is 1. The van der Waals surface area contributed by atoms with Gasteiger partial charge in [-0.05, 0) is 30.3 Å². The van der Waals surface area contributed by atoms with Crippen molar-refractivity contribution in [1.29, 1.82) is 0 Å². The zero-order valence-corrected chi connectivity index (χ0v) is 20.7. The summed E-state index contributed by atoms with van der Waals surface area (Å²) < 4.78 is 14.0. The second-order valence-electron chi connectivity index (χ2n) is 8.39. The molecule has 0 radical (unpaired) electrons. The number of imidazole rings is 1. The number of anilines is 1. The van der Waals surface area contributed by atoms with Gasteiger partial charge in [0.2, 0.25) is 11.9 Å². The van der Waals surface area contributed by atoms with Gasteiger partial charge in [0.1, 0.15) is 11.3 Å². The highest BCUT2D eigenvalue weighted by Crippen LogP contribution is 2.36. The van der Waals surface area contributed by atoms with Crippen molar-refractivity contribution >= 4 is 48.2 Å². The van der Waals surface area contributed by atoms with E-state index in [1.807, 2.05) is 0 Å². The molecule has 2 rings (SSSR count). The van der Waals surface area contributed by atoms with Crippen molar-refractivity contribution in [1.82, 2.24) is 9.55 Å². The van der Waals surface area contributed by atoms with Gasteiger partial charge in [0, 0.05) is 25.1 Å². The van der Waals surface area contributed by atoms with E-state index in [9.17, 15) is 4.79 Å². The maximum Gasteiger partial charge on any atom is 0.248 e. The number of primary amides is 1. The average molecular weight is 485 g/mol. The fourth-order valence-electron chi connectivity index (χ4n) is 2.60. The van der Waals surface area contributed by atoms with E-state index in [4.69, 9.17) is 20.6 Å². The number of hydrogen-bond donors (Lipinski definition) is 2. The zero-order valence-electron chi connectivity index (χ0n) is 17.9. The van der Waals surface area contributed by atoms with Crippen LogP contribution in [0.1, 0.15) is 37.6 Å². The molecule has 0 saturated heterocycles. The fourth-order valence-corrected chi connectivity index (χ4v) is 3.69. The number of amides is 1. The minimum Gasteiger partial charge on any atom is -0.491 e. The van der Waals surface area contributed by atoms with Gasteiger partial charge in [-0.25, -0.2) is 4.98 Å². The highest BCUT2D eigenvalue weighted by Gasteiger charge is 2.36. The van der Waals surface area contributed by atoms with Crippen LogP contribution < -0.4 is 16.2 Å². The monoisotopic (exact) mass is 484 g/mol. The lowest BCUT2D eigenvalue weighted by Gasteiger charge is -2.36. The molecule has 0 fully saturated rings. The quantitative estimate of drug-likeness (QED) is 0.314. The van der Waals surface area contributed by atoms with Crippen LogP contribution in [0.5, 0.6) is 5.75 Å². The van der Waals surface area contributed by atoms with E-state index in [0.717, 1.165) is 11.9 Å². The van der Waals surface area contributed by atoms with Crippen molar-refractivity contribution in [3.8, 4) is 5.75 Å². The summed E-state index contributed by atoms with van der Waals surface area (Å²) in [7, 11) is -1.78. The van der Waals surface area contributed by atoms with Crippen LogP contribution in [0.2, 0.25) is 18.1 Å². The predicted molar refractivity (Wildman–Crippen MR) is 126 cm³/mol. The van der Waals surface area contributed by atoms with Crippen molar-refractivity contribution in [2.75, 3.05) is 18.9 Å². The Morgan fingerprint density at radius 3 is 2.52 bits per heavy atom. The molecule has 1 aromatic heterocycles. The van der Waals surface area contributed by atoms with Crippen molar-refractivity contribution < 1.29 is 14.0 Å². The molecule has 1 aromatic carbocycles. The lowest BCUT2D eigenvalue weighted by molar-refractivity contribution is 0.1000. The standard InChI is InChI=1S/C20H32N4O3Si.BrH/c1-7-9-24-17-15(23-19(24)22)12-14(18(21)25)13-16(17)26-10-8-11-27-28(5,6)20(2,3)4;/h7,12-13H,1,8-11H2,2-6H3,(H2,21,25)(H2,22,23);1H. The van der Waals surface area contributed by atoms with E-state index >= 15 is 0 Å². The van der Waals surface area contributed by atoms with Gasteiger partial charge < -0.3 is 25.2 Å². The van der Waals surface area contributed by atoms with Gasteiger partial charge in [-0.1, -0.05) is 26.8 Å². The third-order valence-corrected chi connectivity index (χ3v) is 9.79. The van der Waals surface area contributed by atoms with E-state index in [0.29, 0.717) is 42.5 Å². The van der Waals surface area contributed by atoms with Crippen molar-refractivity contribution in [2.45, 2.75) is 51.9 Å². The normalized spacial score (nSPS) is 11.9. The molecule has 0 spiro atoms. The largest absolute Gasteiger partial charge is 0.491 e. The van der Waals surface area contributed by atoms with Crippen LogP contribution in [0.25, 0.3) is 11.0 Å². The van der Waals surface area contributed by atoms with E-state index in [2.05, 4.69) is 45.4 Å². The number of benzene rings is 1. The van der Waals surface area contributed by atoms with E-state index in [1.165, 1.54) is 0 Å². The number of aromatic nitrogens is 2. The summed E-state index contributed by atoms with van der Waals surface area (Å²) in [6, 6.07) is 3.26. The second-order valence-corrected chi connectivity index (χ2v) is 13.2. The van der Waals surface area contributed by atoms with Gasteiger partial charge in [-0.2, -0.15) is 0 Å². The summed E-state index contributed by atoms with van der Waals surface area (Å²) in [5.74, 6) is 0.331. The van der Waals surface area contributed by atoms with Gasteiger partial charge in [-0.3, -0.25) is 4.79 Å². The summed E-state index contributed by atoms with van der Waals surface area (Å²) in [5, 5.41) is 0.171. The van der Waals surface area contributed by atoms with Crippen LogP contribution in [-0.4, -0.2) is 37.0 Å². The van der Waals surface area contributed by atoms with Gasteiger partial charge in [-0.15, -0.1) is 23.6 Å². The number of fused-ring (bicyclic) bond motifs is 1. The lowest BCUT2D eigenvalue weighted by atomic mass is 10.1. The molecule has 0 bridgehead atoms. The van der Waals surface area contributed by atoms with Crippen LogP contribution in [-0.2, 0) is 11.0 Å². The first-order valence-corrected chi connectivity index (χ1v) is 12.4. The Morgan fingerprint density at radius 1 is 1.31 bits per heavy atom. The molecule has 1 amide bonds. The maximum atomic E-state index is 11.7. The van der Waals surface area contributed by atoms with Crippen LogP contribution in [0, 0.1) is 0 Å². The first kappa shape index (κ1) is 25.2. The van der Waals surface area contributed by atoms with Crippen molar-refractivity contribution in [2.24, 2.45) is 5.73 Å². The van der Waals surface area contributed by atoms with Crippen molar-refractivity contribution in [3.05, 3.63) is 30.4 Å². The highest BCUT2D eigenvalue weighted by atomic mass is 79.9. The molecule has 29 heavy (non-hydrogen) atoms. The molecule has 7 nitrogen and oxygen atoms in total. The Hall–Kier alpha value is -1.84. The molecule has 4 N–H and O–H groups in total. The Balaban J connectivity index is 0.00000420. The van der Waals surface area contributed by atoms with E-state index < -0.39 is 14.2 Å². The molecular formula is C20H33BrN4O3Si. The summed E-state index contributed by atoms with van der Waals surface area (Å²) in [6.07, 6.45) is 2.47. The molecule has 1 heterocycles. The fraction of sp³-hybridized carbons (Fsp3) is 0.500. The van der Waals surface area contributed by atoms with E-state index in [-0.39, 0.29) is 22.0 Å². The van der Waals surface area contributed by atoms with E-state index in [1.54, 1.807) is 22.8 Å². The number of allylic oxidation sites excluding steroid dienone is 1. The third kappa shape index (κ3) is 5.83. The molecule has 0 aliphatic rings. The lowest BCUT2D eigenvalue weighted by Crippen LogP contribution is -2.41. The first-order valence-electron chi connectivity index (χ1n) is 9.45. The minimum absolute atomic E-state index is 0.